The minimum Gasteiger partial charge on any atom is -0.394 e. The van der Waals surface area contributed by atoms with Crippen LogP contribution in [0.4, 0.5) is 0 Å². The maximum Gasteiger partial charge on any atom is 0.150 e. The van der Waals surface area contributed by atoms with Gasteiger partial charge in [0.1, 0.15) is 24.1 Å². The number of carbonyl (C=O) groups is 1. The fourth-order valence-corrected chi connectivity index (χ4v) is 4.93. The lowest BCUT2D eigenvalue weighted by Crippen LogP contribution is -2.81. The zero-order valence-electron chi connectivity index (χ0n) is 13.9. The van der Waals surface area contributed by atoms with Gasteiger partial charge in [0.2, 0.25) is 0 Å². The van der Waals surface area contributed by atoms with Crippen LogP contribution in [-0.4, -0.2) is 93.3 Å². The van der Waals surface area contributed by atoms with Crippen molar-refractivity contribution in [2.45, 2.75) is 51.2 Å². The molecular weight excluding hydrogens is 300 g/mol. The highest BCUT2D eigenvalue weighted by Crippen LogP contribution is 2.51. The van der Waals surface area contributed by atoms with Crippen molar-refractivity contribution in [2.75, 3.05) is 32.8 Å². The van der Waals surface area contributed by atoms with E-state index in [9.17, 15) is 20.1 Å². The van der Waals surface area contributed by atoms with Crippen molar-refractivity contribution in [2.24, 2.45) is 10.8 Å². The highest BCUT2D eigenvalue weighted by Gasteiger charge is 2.65. The lowest BCUT2D eigenvalue weighted by atomic mass is 9.58. The fourth-order valence-electron chi connectivity index (χ4n) is 4.93. The van der Waals surface area contributed by atoms with Gasteiger partial charge in [0.05, 0.1) is 23.6 Å². The van der Waals surface area contributed by atoms with Crippen molar-refractivity contribution in [3.05, 3.63) is 0 Å². The molecule has 4 aliphatic rings. The second-order valence-electron chi connectivity index (χ2n) is 7.55. The molecule has 0 spiro atoms. The van der Waals surface area contributed by atoms with Gasteiger partial charge in [-0.3, -0.25) is 14.6 Å². The van der Waals surface area contributed by atoms with E-state index in [4.69, 9.17) is 5.11 Å². The van der Waals surface area contributed by atoms with Gasteiger partial charge in [0.15, 0.2) is 0 Å². The molecule has 0 amide bonds. The molecule has 0 radical (unpaired) electrons. The average molecular weight is 328 g/mol. The third-order valence-electron chi connectivity index (χ3n) is 6.32. The number of hydrogen-bond acceptors (Lipinski definition) is 7. The summed E-state index contributed by atoms with van der Waals surface area (Å²) in [4.78, 5) is 17.2. The number of hydrogen-bond donors (Lipinski definition) is 4. The molecule has 0 aromatic rings. The second kappa shape index (κ2) is 5.75. The van der Waals surface area contributed by atoms with Crippen LogP contribution in [0.25, 0.3) is 0 Å². The van der Waals surface area contributed by atoms with Crippen LogP contribution in [0.2, 0.25) is 0 Å². The van der Waals surface area contributed by atoms with E-state index in [-0.39, 0.29) is 10.8 Å². The minimum atomic E-state index is -1.41. The summed E-state index contributed by atoms with van der Waals surface area (Å²) >= 11 is 0. The van der Waals surface area contributed by atoms with E-state index in [0.29, 0.717) is 32.0 Å². The highest BCUT2D eigenvalue weighted by molar-refractivity contribution is 5.93. The van der Waals surface area contributed by atoms with Crippen molar-refractivity contribution < 1.29 is 25.2 Å². The van der Waals surface area contributed by atoms with E-state index in [1.54, 1.807) is 0 Å². The number of rotatable bonds is 6. The minimum absolute atomic E-state index is 0.353. The van der Waals surface area contributed by atoms with Crippen molar-refractivity contribution >= 4 is 5.78 Å². The van der Waals surface area contributed by atoms with Gasteiger partial charge < -0.3 is 20.4 Å². The van der Waals surface area contributed by atoms with Crippen LogP contribution < -0.4 is 0 Å². The van der Waals surface area contributed by atoms with E-state index in [1.165, 1.54) is 0 Å². The van der Waals surface area contributed by atoms with Crippen molar-refractivity contribution in [1.82, 2.24) is 9.80 Å². The Hall–Kier alpha value is -0.570. The molecule has 23 heavy (non-hydrogen) atoms. The summed E-state index contributed by atoms with van der Waals surface area (Å²) in [6.45, 7) is 5.82. The van der Waals surface area contributed by atoms with Crippen LogP contribution >= 0.6 is 0 Å². The van der Waals surface area contributed by atoms with Crippen molar-refractivity contribution in [1.29, 1.82) is 0 Å². The fraction of sp³-hybridized carbons (Fsp3) is 0.938. The third-order valence-corrected chi connectivity index (χ3v) is 6.32. The SMILES string of the molecule is CCC12CN3CC(CC)(CN(C1)C3C(O)C(O)C(O)CO)C2=O. The van der Waals surface area contributed by atoms with Crippen LogP contribution in [0.1, 0.15) is 26.7 Å². The topological polar surface area (TPSA) is 104 Å². The first-order chi connectivity index (χ1) is 10.8. The smallest absolute Gasteiger partial charge is 0.150 e. The van der Waals surface area contributed by atoms with E-state index >= 15 is 0 Å². The zero-order valence-corrected chi connectivity index (χ0v) is 13.9. The summed E-state index contributed by atoms with van der Waals surface area (Å²) in [5.41, 5.74) is -0.771. The molecular formula is C16H28N2O5. The molecule has 0 saturated carbocycles. The molecule has 4 fully saturated rings. The Morgan fingerprint density at radius 3 is 1.83 bits per heavy atom. The molecule has 4 saturated heterocycles. The van der Waals surface area contributed by atoms with Gasteiger partial charge in [-0.25, -0.2) is 0 Å². The number of carbonyl (C=O) groups excluding carboxylic acids is 1. The summed E-state index contributed by atoms with van der Waals surface area (Å²) in [5, 5.41) is 39.3. The quantitative estimate of drug-likeness (QED) is 0.465. The molecule has 132 valence electrons. The van der Waals surface area contributed by atoms with E-state index in [2.05, 4.69) is 9.80 Å². The number of nitrogens with zero attached hydrogens (tertiary/aromatic N) is 2. The summed E-state index contributed by atoms with van der Waals surface area (Å²) in [6.07, 6.45) is -2.84. The maximum absolute atomic E-state index is 13.0. The number of aliphatic hydroxyl groups is 4. The largest absolute Gasteiger partial charge is 0.394 e. The number of piperidine rings is 2. The summed E-state index contributed by atoms with van der Waals surface area (Å²) in [6, 6.07) is 0. The van der Waals surface area contributed by atoms with Gasteiger partial charge >= 0.3 is 0 Å². The number of ketones is 1. The number of Topliss-reactive ketones (excluding diaryl/α,β-unsaturated/α-hetero) is 1. The van der Waals surface area contributed by atoms with Crippen molar-refractivity contribution in [3.8, 4) is 0 Å². The first kappa shape index (κ1) is 17.3. The molecule has 7 heteroatoms. The Morgan fingerprint density at radius 1 is 1.04 bits per heavy atom. The molecule has 4 aliphatic heterocycles. The van der Waals surface area contributed by atoms with Gasteiger partial charge in [0.25, 0.3) is 0 Å². The Labute approximate surface area is 136 Å². The molecule has 4 heterocycles. The Balaban J connectivity index is 1.88. The van der Waals surface area contributed by atoms with Crippen LogP contribution in [0.15, 0.2) is 0 Å². The predicted molar refractivity (Wildman–Crippen MR) is 82.5 cm³/mol. The van der Waals surface area contributed by atoms with Crippen molar-refractivity contribution in [3.63, 3.8) is 0 Å². The lowest BCUT2D eigenvalue weighted by molar-refractivity contribution is -0.231. The summed E-state index contributed by atoms with van der Waals surface area (Å²) in [5.74, 6) is 0.353. The maximum atomic E-state index is 13.0. The van der Waals surface area contributed by atoms with Crippen LogP contribution in [0.3, 0.4) is 0 Å². The normalized spacial score (nSPS) is 46.0. The summed E-state index contributed by atoms with van der Waals surface area (Å²) < 4.78 is 0. The molecule has 0 aromatic heterocycles. The standard InChI is InChI=1S/C16H28N2O5/c1-3-15-6-17-8-16(4-2,14(15)23)9-18(7-15)13(17)12(22)11(21)10(20)5-19/h10-13,19-22H,3-9H2,1-2H3. The Bertz CT molecular complexity index is 443. The molecule has 3 unspecified atom stereocenters. The van der Waals surface area contributed by atoms with Gasteiger partial charge in [-0.05, 0) is 12.8 Å². The second-order valence-corrected chi connectivity index (χ2v) is 7.55. The van der Waals surface area contributed by atoms with Crippen LogP contribution in [0.5, 0.6) is 0 Å². The molecule has 4 bridgehead atoms. The first-order valence-electron chi connectivity index (χ1n) is 8.52. The first-order valence-corrected chi connectivity index (χ1v) is 8.52. The zero-order chi connectivity index (χ0) is 17.0. The predicted octanol–water partition coefficient (Wildman–Crippen LogP) is -1.61. The van der Waals surface area contributed by atoms with E-state index in [1.807, 2.05) is 13.8 Å². The van der Waals surface area contributed by atoms with Gasteiger partial charge in [-0.2, -0.15) is 0 Å². The lowest BCUT2D eigenvalue weighted by Gasteiger charge is -2.67. The van der Waals surface area contributed by atoms with Gasteiger partial charge in [0, 0.05) is 26.2 Å². The number of aliphatic hydroxyl groups excluding tert-OH is 4. The molecule has 3 atom stereocenters. The van der Waals surface area contributed by atoms with E-state index in [0.717, 1.165) is 12.8 Å². The molecule has 4 rings (SSSR count). The third kappa shape index (κ3) is 2.29. The highest BCUT2D eigenvalue weighted by atomic mass is 16.4. The van der Waals surface area contributed by atoms with Gasteiger partial charge in [-0.1, -0.05) is 13.8 Å². The Kier molecular flexibility index (Phi) is 4.32. The van der Waals surface area contributed by atoms with Gasteiger partial charge in [-0.15, -0.1) is 0 Å². The monoisotopic (exact) mass is 328 g/mol. The molecule has 7 nitrogen and oxygen atoms in total. The molecule has 0 aromatic carbocycles. The molecule has 0 aliphatic carbocycles. The van der Waals surface area contributed by atoms with E-state index < -0.39 is 31.1 Å². The summed E-state index contributed by atoms with van der Waals surface area (Å²) in [7, 11) is 0. The molecule has 4 N–H and O–H groups in total. The van der Waals surface area contributed by atoms with Crippen LogP contribution in [0, 0.1) is 10.8 Å². The van der Waals surface area contributed by atoms with Crippen LogP contribution in [-0.2, 0) is 4.79 Å². The average Bonchev–Trinajstić information content (AvgIpc) is 2.56. The Morgan fingerprint density at radius 2 is 1.48 bits per heavy atom.